The Bertz CT molecular complexity index is 994. The number of nitrogens with zero attached hydrogens (tertiary/aromatic N) is 2. The van der Waals surface area contributed by atoms with Crippen molar-refractivity contribution < 1.29 is 9.47 Å². The maximum atomic E-state index is 5.59. The van der Waals surface area contributed by atoms with Gasteiger partial charge in [0.25, 0.3) is 0 Å². The van der Waals surface area contributed by atoms with Crippen molar-refractivity contribution in [1.82, 2.24) is 4.90 Å². The van der Waals surface area contributed by atoms with Gasteiger partial charge in [-0.25, -0.2) is 0 Å². The number of piperazine rings is 1. The molecule has 0 radical (unpaired) electrons. The molecule has 3 aromatic carbocycles. The van der Waals surface area contributed by atoms with E-state index in [1.807, 2.05) is 24.3 Å². The third-order valence-corrected chi connectivity index (χ3v) is 5.90. The second kappa shape index (κ2) is 9.23. The normalized spacial score (nSPS) is 14.6. The Labute approximate surface area is 179 Å². The third kappa shape index (κ3) is 4.29. The van der Waals surface area contributed by atoms with Crippen LogP contribution in [0, 0.1) is 6.92 Å². The fourth-order valence-corrected chi connectivity index (χ4v) is 4.22. The standard InChI is InChI=1S/C26H30N2O2/c1-20-12-13-21(18-23(20)22-8-4-6-10-25(22)29-2)19-27-14-16-28(17-15-27)24-9-5-7-11-26(24)30-3/h4-13,18H,14-17,19H2,1-3H3. The molecule has 30 heavy (non-hydrogen) atoms. The van der Waals surface area contributed by atoms with Gasteiger partial charge in [0, 0.05) is 38.3 Å². The molecule has 1 saturated heterocycles. The van der Waals surface area contributed by atoms with Crippen LogP contribution in [0.2, 0.25) is 0 Å². The Morgan fingerprint density at radius 2 is 1.40 bits per heavy atom. The number of rotatable bonds is 6. The molecule has 4 nitrogen and oxygen atoms in total. The molecule has 1 aliphatic rings. The first-order valence-corrected chi connectivity index (χ1v) is 10.5. The molecule has 0 unspecified atom stereocenters. The zero-order valence-corrected chi connectivity index (χ0v) is 18.1. The predicted molar refractivity (Wildman–Crippen MR) is 124 cm³/mol. The maximum absolute atomic E-state index is 5.59. The second-order valence-electron chi connectivity index (χ2n) is 7.78. The van der Waals surface area contributed by atoms with Crippen LogP contribution in [-0.2, 0) is 6.54 Å². The molecular weight excluding hydrogens is 372 g/mol. The van der Waals surface area contributed by atoms with Crippen LogP contribution in [0.4, 0.5) is 5.69 Å². The molecule has 0 amide bonds. The van der Waals surface area contributed by atoms with E-state index in [-0.39, 0.29) is 0 Å². The van der Waals surface area contributed by atoms with Crippen LogP contribution in [0.3, 0.4) is 0 Å². The highest BCUT2D eigenvalue weighted by Gasteiger charge is 2.20. The van der Waals surface area contributed by atoms with Crippen molar-refractivity contribution in [3.05, 3.63) is 77.9 Å². The van der Waals surface area contributed by atoms with Gasteiger partial charge in [0.2, 0.25) is 0 Å². The Kier molecular flexibility index (Phi) is 6.24. The van der Waals surface area contributed by atoms with Gasteiger partial charge >= 0.3 is 0 Å². The van der Waals surface area contributed by atoms with Crippen LogP contribution in [0.25, 0.3) is 11.1 Å². The molecule has 1 heterocycles. The van der Waals surface area contributed by atoms with Crippen LogP contribution >= 0.6 is 0 Å². The molecule has 3 aromatic rings. The Morgan fingerprint density at radius 1 is 0.733 bits per heavy atom. The third-order valence-electron chi connectivity index (χ3n) is 5.90. The molecule has 0 saturated carbocycles. The number of ether oxygens (including phenoxy) is 2. The van der Waals surface area contributed by atoms with Crippen molar-refractivity contribution in [3.8, 4) is 22.6 Å². The van der Waals surface area contributed by atoms with E-state index in [1.165, 1.54) is 22.4 Å². The monoisotopic (exact) mass is 402 g/mol. The average Bonchev–Trinajstić information content (AvgIpc) is 2.81. The van der Waals surface area contributed by atoms with Crippen molar-refractivity contribution in [2.75, 3.05) is 45.3 Å². The van der Waals surface area contributed by atoms with Crippen LogP contribution in [0.5, 0.6) is 11.5 Å². The van der Waals surface area contributed by atoms with E-state index >= 15 is 0 Å². The van der Waals surface area contributed by atoms with Gasteiger partial charge in [-0.1, -0.05) is 42.5 Å². The van der Waals surface area contributed by atoms with E-state index in [4.69, 9.17) is 9.47 Å². The summed E-state index contributed by atoms with van der Waals surface area (Å²) >= 11 is 0. The molecule has 0 bridgehead atoms. The van der Waals surface area contributed by atoms with Gasteiger partial charge in [0.15, 0.2) is 0 Å². The Morgan fingerprint density at radius 3 is 2.13 bits per heavy atom. The molecule has 1 fully saturated rings. The van der Waals surface area contributed by atoms with Crippen molar-refractivity contribution in [3.63, 3.8) is 0 Å². The lowest BCUT2D eigenvalue weighted by atomic mass is 9.97. The van der Waals surface area contributed by atoms with Gasteiger partial charge in [-0.15, -0.1) is 0 Å². The average molecular weight is 403 g/mol. The van der Waals surface area contributed by atoms with Crippen molar-refractivity contribution in [2.45, 2.75) is 13.5 Å². The molecule has 0 aliphatic carbocycles. The largest absolute Gasteiger partial charge is 0.496 e. The summed E-state index contributed by atoms with van der Waals surface area (Å²) in [4.78, 5) is 4.95. The number of methoxy groups -OCH3 is 2. The lowest BCUT2D eigenvalue weighted by Gasteiger charge is -2.36. The lowest BCUT2D eigenvalue weighted by Crippen LogP contribution is -2.46. The maximum Gasteiger partial charge on any atom is 0.142 e. The molecule has 0 spiro atoms. The van der Waals surface area contributed by atoms with E-state index in [2.05, 4.69) is 59.2 Å². The minimum Gasteiger partial charge on any atom is -0.496 e. The fraction of sp³-hybridized carbons (Fsp3) is 0.308. The molecule has 156 valence electrons. The smallest absolute Gasteiger partial charge is 0.142 e. The van der Waals surface area contributed by atoms with Gasteiger partial charge < -0.3 is 14.4 Å². The number of aryl methyl sites for hydroxylation is 1. The Balaban J connectivity index is 1.46. The van der Waals surface area contributed by atoms with Crippen LogP contribution in [-0.4, -0.2) is 45.3 Å². The molecule has 4 heteroatoms. The van der Waals surface area contributed by atoms with Gasteiger partial charge in [0.1, 0.15) is 11.5 Å². The zero-order chi connectivity index (χ0) is 20.9. The first-order valence-electron chi connectivity index (χ1n) is 10.5. The Hall–Kier alpha value is -2.98. The summed E-state index contributed by atoms with van der Waals surface area (Å²) in [7, 11) is 3.48. The summed E-state index contributed by atoms with van der Waals surface area (Å²) in [5.41, 5.74) is 6.20. The first kappa shape index (κ1) is 20.3. The highest BCUT2D eigenvalue weighted by Crippen LogP contribution is 2.33. The predicted octanol–water partition coefficient (Wildman–Crippen LogP) is 5.00. The highest BCUT2D eigenvalue weighted by atomic mass is 16.5. The van der Waals surface area contributed by atoms with E-state index < -0.39 is 0 Å². The number of anilines is 1. The van der Waals surface area contributed by atoms with E-state index in [9.17, 15) is 0 Å². The van der Waals surface area contributed by atoms with Crippen molar-refractivity contribution in [1.29, 1.82) is 0 Å². The number of hydrogen-bond acceptors (Lipinski definition) is 4. The lowest BCUT2D eigenvalue weighted by molar-refractivity contribution is 0.249. The van der Waals surface area contributed by atoms with Crippen LogP contribution in [0.15, 0.2) is 66.7 Å². The highest BCUT2D eigenvalue weighted by molar-refractivity contribution is 5.73. The molecular formula is C26H30N2O2. The van der Waals surface area contributed by atoms with Crippen LogP contribution in [0.1, 0.15) is 11.1 Å². The number of para-hydroxylation sites is 3. The van der Waals surface area contributed by atoms with E-state index in [1.54, 1.807) is 14.2 Å². The van der Waals surface area contributed by atoms with Crippen molar-refractivity contribution in [2.24, 2.45) is 0 Å². The zero-order valence-electron chi connectivity index (χ0n) is 18.1. The second-order valence-corrected chi connectivity index (χ2v) is 7.78. The van der Waals surface area contributed by atoms with Gasteiger partial charge in [0.05, 0.1) is 19.9 Å². The summed E-state index contributed by atoms with van der Waals surface area (Å²) in [6, 6.07) is 23.3. The van der Waals surface area contributed by atoms with Gasteiger partial charge in [-0.05, 0) is 47.9 Å². The van der Waals surface area contributed by atoms with Crippen LogP contribution < -0.4 is 14.4 Å². The minimum absolute atomic E-state index is 0.920. The summed E-state index contributed by atoms with van der Waals surface area (Å²) < 4.78 is 11.1. The topological polar surface area (TPSA) is 24.9 Å². The SMILES string of the molecule is COc1ccccc1-c1cc(CN2CCN(c3ccccc3OC)CC2)ccc1C. The summed E-state index contributed by atoms with van der Waals surface area (Å²) in [6.45, 7) is 7.21. The summed E-state index contributed by atoms with van der Waals surface area (Å²) in [6.07, 6.45) is 0. The number of hydrogen-bond donors (Lipinski definition) is 0. The van der Waals surface area contributed by atoms with E-state index in [0.29, 0.717) is 0 Å². The molecule has 0 N–H and O–H groups in total. The van der Waals surface area contributed by atoms with E-state index in [0.717, 1.165) is 49.8 Å². The first-order chi connectivity index (χ1) is 14.7. The molecule has 1 aliphatic heterocycles. The minimum atomic E-state index is 0.920. The summed E-state index contributed by atoms with van der Waals surface area (Å²) in [5, 5.41) is 0. The molecule has 0 atom stereocenters. The quantitative estimate of drug-likeness (QED) is 0.579. The fourth-order valence-electron chi connectivity index (χ4n) is 4.22. The van der Waals surface area contributed by atoms with Gasteiger partial charge in [-0.3, -0.25) is 4.90 Å². The molecule has 4 rings (SSSR count). The number of benzene rings is 3. The summed E-state index contributed by atoms with van der Waals surface area (Å²) in [5.74, 6) is 1.87. The van der Waals surface area contributed by atoms with Crippen molar-refractivity contribution >= 4 is 5.69 Å². The molecule has 0 aromatic heterocycles. The van der Waals surface area contributed by atoms with Gasteiger partial charge in [-0.2, -0.15) is 0 Å².